The van der Waals surface area contributed by atoms with Crippen molar-refractivity contribution in [3.8, 4) is 0 Å². The summed E-state index contributed by atoms with van der Waals surface area (Å²) in [4.78, 5) is 18.8. The van der Waals surface area contributed by atoms with Crippen LogP contribution in [0.25, 0.3) is 0 Å². The lowest BCUT2D eigenvalue weighted by atomic mass is 10.1. The number of rotatable bonds is 7. The van der Waals surface area contributed by atoms with Crippen molar-refractivity contribution in [1.82, 2.24) is 10.3 Å². The number of anilines is 1. The van der Waals surface area contributed by atoms with Gasteiger partial charge in [0, 0.05) is 30.5 Å². The lowest BCUT2D eigenvalue weighted by molar-refractivity contribution is 0.0934. The van der Waals surface area contributed by atoms with Gasteiger partial charge in [0.05, 0.1) is 0 Å². The van der Waals surface area contributed by atoms with E-state index in [9.17, 15) is 4.79 Å². The van der Waals surface area contributed by atoms with E-state index in [0.29, 0.717) is 11.7 Å². The Bertz CT molecular complexity index is 655. The molecule has 0 aliphatic heterocycles. The molecule has 1 unspecified atom stereocenters. The lowest BCUT2D eigenvalue weighted by Crippen LogP contribution is -2.33. The van der Waals surface area contributed by atoms with Gasteiger partial charge in [-0.1, -0.05) is 37.3 Å². The van der Waals surface area contributed by atoms with Gasteiger partial charge >= 0.3 is 0 Å². The first kappa shape index (κ1) is 18.0. The van der Waals surface area contributed by atoms with Crippen LogP contribution in [-0.2, 0) is 6.54 Å². The Hall–Kier alpha value is -2.36. The fourth-order valence-electron chi connectivity index (χ4n) is 2.47. The van der Waals surface area contributed by atoms with Gasteiger partial charge in [-0.25, -0.2) is 0 Å². The molecule has 1 atom stereocenters. The zero-order valence-electron chi connectivity index (χ0n) is 15.0. The standard InChI is InChI=1S/C20H27N3O/c1-5-16(4)22-20(24)19-13-18(11-12-21-19)23(15(2)3)14-17-9-7-6-8-10-17/h6-13,15-16H,5,14H2,1-4H3,(H,22,24). The Morgan fingerprint density at radius 2 is 1.88 bits per heavy atom. The van der Waals surface area contributed by atoms with Crippen molar-refractivity contribution in [2.75, 3.05) is 4.90 Å². The monoisotopic (exact) mass is 325 g/mol. The second kappa shape index (κ2) is 8.48. The van der Waals surface area contributed by atoms with Crippen molar-refractivity contribution in [1.29, 1.82) is 0 Å². The Morgan fingerprint density at radius 3 is 2.50 bits per heavy atom. The number of hydrogen-bond acceptors (Lipinski definition) is 3. The van der Waals surface area contributed by atoms with E-state index in [2.05, 4.69) is 48.1 Å². The molecule has 0 saturated heterocycles. The summed E-state index contributed by atoms with van der Waals surface area (Å²) in [5, 5.41) is 2.97. The van der Waals surface area contributed by atoms with Crippen molar-refractivity contribution in [2.45, 2.75) is 52.7 Å². The van der Waals surface area contributed by atoms with Gasteiger partial charge in [0.2, 0.25) is 0 Å². The van der Waals surface area contributed by atoms with E-state index in [1.165, 1.54) is 5.56 Å². The SMILES string of the molecule is CCC(C)NC(=O)c1cc(N(Cc2ccccc2)C(C)C)ccn1. The third kappa shape index (κ3) is 4.82. The molecule has 0 radical (unpaired) electrons. The molecule has 1 N–H and O–H groups in total. The first-order chi connectivity index (χ1) is 11.5. The third-order valence-electron chi connectivity index (χ3n) is 4.12. The van der Waals surface area contributed by atoms with Crippen LogP contribution in [0.4, 0.5) is 5.69 Å². The van der Waals surface area contributed by atoms with E-state index in [-0.39, 0.29) is 11.9 Å². The number of nitrogens with one attached hydrogen (secondary N) is 1. The van der Waals surface area contributed by atoms with Crippen molar-refractivity contribution in [2.24, 2.45) is 0 Å². The smallest absolute Gasteiger partial charge is 0.270 e. The molecule has 0 saturated carbocycles. The van der Waals surface area contributed by atoms with Gasteiger partial charge in [-0.15, -0.1) is 0 Å². The van der Waals surface area contributed by atoms with E-state index in [1.54, 1.807) is 6.20 Å². The normalized spacial score (nSPS) is 12.0. The Morgan fingerprint density at radius 1 is 1.17 bits per heavy atom. The maximum absolute atomic E-state index is 12.3. The highest BCUT2D eigenvalue weighted by molar-refractivity contribution is 5.93. The van der Waals surface area contributed by atoms with E-state index in [0.717, 1.165) is 18.7 Å². The summed E-state index contributed by atoms with van der Waals surface area (Å²) in [7, 11) is 0. The van der Waals surface area contributed by atoms with E-state index in [4.69, 9.17) is 0 Å². The van der Waals surface area contributed by atoms with Crippen LogP contribution in [-0.4, -0.2) is 23.0 Å². The van der Waals surface area contributed by atoms with Gasteiger partial charge in [0.25, 0.3) is 5.91 Å². The Balaban J connectivity index is 2.21. The van der Waals surface area contributed by atoms with Gasteiger partial charge < -0.3 is 10.2 Å². The molecule has 4 heteroatoms. The summed E-state index contributed by atoms with van der Waals surface area (Å²) < 4.78 is 0. The molecule has 1 amide bonds. The number of benzene rings is 1. The molecule has 4 nitrogen and oxygen atoms in total. The minimum Gasteiger partial charge on any atom is -0.365 e. The number of nitrogens with zero attached hydrogens (tertiary/aromatic N) is 2. The highest BCUT2D eigenvalue weighted by Crippen LogP contribution is 2.20. The third-order valence-corrected chi connectivity index (χ3v) is 4.12. The molecule has 2 aromatic rings. The average Bonchev–Trinajstić information content (AvgIpc) is 2.60. The first-order valence-electron chi connectivity index (χ1n) is 8.58. The number of hydrogen-bond donors (Lipinski definition) is 1. The fourth-order valence-corrected chi connectivity index (χ4v) is 2.47. The molecule has 128 valence electrons. The molecule has 0 aliphatic rings. The van der Waals surface area contributed by atoms with Gasteiger partial charge in [-0.3, -0.25) is 9.78 Å². The van der Waals surface area contributed by atoms with Crippen LogP contribution in [0.1, 0.15) is 50.2 Å². The molecule has 1 aromatic carbocycles. The average molecular weight is 325 g/mol. The van der Waals surface area contributed by atoms with Crippen LogP contribution in [0.3, 0.4) is 0 Å². The summed E-state index contributed by atoms with van der Waals surface area (Å²) in [5.41, 5.74) is 2.72. The quantitative estimate of drug-likeness (QED) is 0.836. The molecule has 1 aromatic heterocycles. The van der Waals surface area contributed by atoms with Gasteiger partial charge in [0.15, 0.2) is 0 Å². The van der Waals surface area contributed by atoms with Gasteiger partial charge in [-0.05, 0) is 44.9 Å². The molecule has 1 heterocycles. The van der Waals surface area contributed by atoms with Crippen molar-refractivity contribution in [3.63, 3.8) is 0 Å². The lowest BCUT2D eigenvalue weighted by Gasteiger charge is -2.29. The predicted molar refractivity (Wildman–Crippen MR) is 99.2 cm³/mol. The van der Waals surface area contributed by atoms with Crippen LogP contribution in [0, 0.1) is 0 Å². The predicted octanol–water partition coefficient (Wildman–Crippen LogP) is 4.02. The summed E-state index contributed by atoms with van der Waals surface area (Å²) in [6, 6.07) is 14.7. The fraction of sp³-hybridized carbons (Fsp3) is 0.400. The summed E-state index contributed by atoms with van der Waals surface area (Å²) in [6.45, 7) is 9.16. The molecule has 24 heavy (non-hydrogen) atoms. The largest absolute Gasteiger partial charge is 0.365 e. The maximum atomic E-state index is 12.3. The van der Waals surface area contributed by atoms with Crippen molar-refractivity contribution >= 4 is 11.6 Å². The second-order valence-corrected chi connectivity index (χ2v) is 6.39. The molecule has 0 bridgehead atoms. The Kier molecular flexibility index (Phi) is 6.36. The number of carbonyl (C=O) groups excluding carboxylic acids is 1. The minimum absolute atomic E-state index is 0.116. The molecule has 0 spiro atoms. The first-order valence-corrected chi connectivity index (χ1v) is 8.58. The topological polar surface area (TPSA) is 45.2 Å². The number of carbonyl (C=O) groups is 1. The zero-order chi connectivity index (χ0) is 17.5. The zero-order valence-corrected chi connectivity index (χ0v) is 15.0. The van der Waals surface area contributed by atoms with Crippen molar-refractivity contribution < 1.29 is 4.79 Å². The highest BCUT2D eigenvalue weighted by atomic mass is 16.1. The molecular weight excluding hydrogens is 298 g/mol. The van der Waals surface area contributed by atoms with Crippen LogP contribution in [0.2, 0.25) is 0 Å². The van der Waals surface area contributed by atoms with Crippen molar-refractivity contribution in [3.05, 3.63) is 59.9 Å². The van der Waals surface area contributed by atoms with Crippen LogP contribution in [0.15, 0.2) is 48.7 Å². The van der Waals surface area contributed by atoms with Crippen LogP contribution in [0.5, 0.6) is 0 Å². The highest BCUT2D eigenvalue weighted by Gasteiger charge is 2.15. The summed E-state index contributed by atoms with van der Waals surface area (Å²) in [5.74, 6) is -0.116. The summed E-state index contributed by atoms with van der Waals surface area (Å²) in [6.07, 6.45) is 2.61. The Labute approximate surface area is 144 Å². The van der Waals surface area contributed by atoms with Crippen LogP contribution < -0.4 is 10.2 Å². The number of amides is 1. The summed E-state index contributed by atoms with van der Waals surface area (Å²) >= 11 is 0. The molecule has 2 rings (SSSR count). The van der Waals surface area contributed by atoms with Gasteiger partial charge in [-0.2, -0.15) is 0 Å². The number of aromatic nitrogens is 1. The molecule has 0 aliphatic carbocycles. The second-order valence-electron chi connectivity index (χ2n) is 6.39. The van der Waals surface area contributed by atoms with Crippen LogP contribution >= 0.6 is 0 Å². The number of pyridine rings is 1. The molecule has 0 fully saturated rings. The van der Waals surface area contributed by atoms with E-state index >= 15 is 0 Å². The minimum atomic E-state index is -0.116. The maximum Gasteiger partial charge on any atom is 0.270 e. The van der Waals surface area contributed by atoms with Gasteiger partial charge in [0.1, 0.15) is 5.69 Å². The van der Waals surface area contributed by atoms with E-state index < -0.39 is 0 Å². The molecular formula is C20H27N3O. The van der Waals surface area contributed by atoms with E-state index in [1.807, 2.05) is 37.3 Å².